The predicted octanol–water partition coefficient (Wildman–Crippen LogP) is 4.05. The molecule has 2 heterocycles. The van der Waals surface area contributed by atoms with Gasteiger partial charge in [0.1, 0.15) is 10.7 Å². The number of nitrogens with one attached hydrogen (secondary N) is 1. The Hall–Kier alpha value is -2.25. The van der Waals surface area contributed by atoms with E-state index in [1.165, 1.54) is 12.1 Å². The van der Waals surface area contributed by atoms with Crippen LogP contribution in [0, 0.1) is 5.82 Å². The Balaban J connectivity index is 1.90. The fourth-order valence-electron chi connectivity index (χ4n) is 1.87. The van der Waals surface area contributed by atoms with Gasteiger partial charge in [-0.15, -0.1) is 22.7 Å². The van der Waals surface area contributed by atoms with Crippen LogP contribution >= 0.6 is 22.7 Å². The minimum Gasteiger partial charge on any atom is -0.477 e. The van der Waals surface area contributed by atoms with E-state index in [0.29, 0.717) is 9.58 Å². The minimum atomic E-state index is -1.08. The molecule has 0 spiro atoms. The number of carboxylic acid groups (broad SMARTS) is 1. The number of benzene rings is 1. The lowest BCUT2D eigenvalue weighted by Crippen LogP contribution is -2.11. The van der Waals surface area contributed by atoms with Gasteiger partial charge in [-0.05, 0) is 35.0 Å². The molecule has 0 atom stereocenters. The van der Waals surface area contributed by atoms with E-state index in [0.717, 1.165) is 28.1 Å². The Morgan fingerprint density at radius 3 is 2.76 bits per heavy atom. The molecule has 106 valence electrons. The van der Waals surface area contributed by atoms with Gasteiger partial charge in [0.05, 0.1) is 10.6 Å². The molecule has 0 radical (unpaired) electrons. The van der Waals surface area contributed by atoms with Crippen molar-refractivity contribution >= 4 is 50.3 Å². The Kier molecular flexibility index (Phi) is 3.44. The first-order chi connectivity index (χ1) is 10.0. The summed E-state index contributed by atoms with van der Waals surface area (Å²) >= 11 is 2.20. The average molecular weight is 321 g/mol. The minimum absolute atomic E-state index is 0.0792. The van der Waals surface area contributed by atoms with Crippen molar-refractivity contribution in [3.8, 4) is 0 Å². The lowest BCUT2D eigenvalue weighted by Gasteiger charge is -2.01. The van der Waals surface area contributed by atoms with Crippen molar-refractivity contribution in [1.29, 1.82) is 0 Å². The zero-order valence-electron chi connectivity index (χ0n) is 10.4. The third-order valence-corrected chi connectivity index (χ3v) is 4.81. The Morgan fingerprint density at radius 1 is 1.19 bits per heavy atom. The topological polar surface area (TPSA) is 66.4 Å². The molecule has 1 aromatic carbocycles. The van der Waals surface area contributed by atoms with Gasteiger partial charge in [-0.25, -0.2) is 9.18 Å². The van der Waals surface area contributed by atoms with Crippen LogP contribution in [-0.4, -0.2) is 17.0 Å². The van der Waals surface area contributed by atoms with E-state index in [2.05, 4.69) is 5.32 Å². The van der Waals surface area contributed by atoms with Crippen molar-refractivity contribution in [3.63, 3.8) is 0 Å². The molecule has 0 aliphatic rings. The number of carbonyl (C=O) groups is 2. The third-order valence-electron chi connectivity index (χ3n) is 2.81. The SMILES string of the molecule is O=C(Nc1ccsc1C(=O)O)c1cc2ccc(F)cc2s1. The van der Waals surface area contributed by atoms with Crippen LogP contribution in [0.25, 0.3) is 10.1 Å². The molecule has 0 unspecified atom stereocenters. The van der Waals surface area contributed by atoms with E-state index < -0.39 is 11.9 Å². The monoisotopic (exact) mass is 321 g/mol. The summed E-state index contributed by atoms with van der Waals surface area (Å²) in [7, 11) is 0. The summed E-state index contributed by atoms with van der Waals surface area (Å²) in [6.07, 6.45) is 0. The van der Waals surface area contributed by atoms with Crippen LogP contribution in [0.4, 0.5) is 10.1 Å². The standard InChI is InChI=1S/C14H8FNO3S2/c15-8-2-1-7-5-11(21-10(7)6-8)13(17)16-9-3-4-20-12(9)14(18)19/h1-6H,(H,16,17)(H,18,19). The molecule has 1 amide bonds. The maximum atomic E-state index is 13.1. The summed E-state index contributed by atoms with van der Waals surface area (Å²) in [6.45, 7) is 0. The lowest BCUT2D eigenvalue weighted by atomic mass is 10.2. The van der Waals surface area contributed by atoms with Gasteiger partial charge in [0.25, 0.3) is 5.91 Å². The van der Waals surface area contributed by atoms with Gasteiger partial charge >= 0.3 is 5.97 Å². The zero-order valence-corrected chi connectivity index (χ0v) is 12.1. The maximum Gasteiger partial charge on any atom is 0.348 e. The molecule has 2 aromatic heterocycles. The van der Waals surface area contributed by atoms with Gasteiger partial charge < -0.3 is 10.4 Å². The molecule has 2 N–H and O–H groups in total. The summed E-state index contributed by atoms with van der Waals surface area (Å²) in [5, 5.41) is 13.9. The molecule has 0 saturated heterocycles. The van der Waals surface area contributed by atoms with E-state index >= 15 is 0 Å². The first kappa shape index (κ1) is 13.7. The van der Waals surface area contributed by atoms with E-state index in [1.54, 1.807) is 23.6 Å². The van der Waals surface area contributed by atoms with Crippen LogP contribution < -0.4 is 5.32 Å². The number of carbonyl (C=O) groups excluding carboxylic acids is 1. The van der Waals surface area contributed by atoms with Gasteiger partial charge in [0.2, 0.25) is 0 Å². The molecular formula is C14H8FNO3S2. The maximum absolute atomic E-state index is 13.1. The fraction of sp³-hybridized carbons (Fsp3) is 0. The third kappa shape index (κ3) is 2.65. The van der Waals surface area contributed by atoms with Crippen LogP contribution in [0.5, 0.6) is 0 Å². The number of carboxylic acids is 1. The molecule has 0 aliphatic heterocycles. The second-order valence-corrected chi connectivity index (χ2v) is 6.22. The Morgan fingerprint density at radius 2 is 2.00 bits per heavy atom. The van der Waals surface area contributed by atoms with Gasteiger partial charge in [-0.3, -0.25) is 4.79 Å². The van der Waals surface area contributed by atoms with Gasteiger partial charge in [-0.2, -0.15) is 0 Å². The molecule has 4 nitrogen and oxygen atoms in total. The first-order valence-electron chi connectivity index (χ1n) is 5.86. The number of hydrogen-bond acceptors (Lipinski definition) is 4. The van der Waals surface area contributed by atoms with E-state index in [1.807, 2.05) is 0 Å². The number of hydrogen-bond donors (Lipinski definition) is 2. The molecule has 3 aromatic rings. The number of aromatic carboxylic acids is 1. The number of anilines is 1. The smallest absolute Gasteiger partial charge is 0.348 e. The second-order valence-electron chi connectivity index (χ2n) is 4.22. The van der Waals surface area contributed by atoms with Crippen LogP contribution in [0.2, 0.25) is 0 Å². The van der Waals surface area contributed by atoms with Crippen LogP contribution in [-0.2, 0) is 0 Å². The van der Waals surface area contributed by atoms with E-state index in [4.69, 9.17) is 5.11 Å². The summed E-state index contributed by atoms with van der Waals surface area (Å²) in [4.78, 5) is 23.6. The van der Waals surface area contributed by atoms with Crippen molar-refractivity contribution in [1.82, 2.24) is 0 Å². The highest BCUT2D eigenvalue weighted by Gasteiger charge is 2.16. The van der Waals surface area contributed by atoms with Gasteiger partial charge in [0.15, 0.2) is 0 Å². The van der Waals surface area contributed by atoms with Crippen molar-refractivity contribution in [2.24, 2.45) is 0 Å². The Labute approximate surface area is 126 Å². The number of fused-ring (bicyclic) bond motifs is 1. The number of halogens is 1. The molecule has 3 rings (SSSR count). The molecular weight excluding hydrogens is 313 g/mol. The quantitative estimate of drug-likeness (QED) is 0.764. The van der Waals surface area contributed by atoms with Crippen LogP contribution in [0.1, 0.15) is 19.3 Å². The lowest BCUT2D eigenvalue weighted by molar-refractivity contribution is 0.0703. The number of amides is 1. The highest BCUT2D eigenvalue weighted by molar-refractivity contribution is 7.21. The fourth-order valence-corrected chi connectivity index (χ4v) is 3.54. The average Bonchev–Trinajstić information content (AvgIpc) is 3.04. The second kappa shape index (κ2) is 5.27. The van der Waals surface area contributed by atoms with Crippen LogP contribution in [0.3, 0.4) is 0 Å². The molecule has 7 heteroatoms. The largest absolute Gasteiger partial charge is 0.477 e. The summed E-state index contributed by atoms with van der Waals surface area (Å²) in [6, 6.07) is 7.49. The van der Waals surface area contributed by atoms with Crippen molar-refractivity contribution in [2.45, 2.75) is 0 Å². The predicted molar refractivity (Wildman–Crippen MR) is 81.0 cm³/mol. The van der Waals surface area contributed by atoms with Gasteiger partial charge in [0, 0.05) is 4.70 Å². The van der Waals surface area contributed by atoms with Gasteiger partial charge in [-0.1, -0.05) is 6.07 Å². The Bertz CT molecular complexity index is 853. The molecule has 21 heavy (non-hydrogen) atoms. The van der Waals surface area contributed by atoms with Crippen LogP contribution in [0.15, 0.2) is 35.7 Å². The highest BCUT2D eigenvalue weighted by atomic mass is 32.1. The molecule has 0 saturated carbocycles. The summed E-state index contributed by atoms with van der Waals surface area (Å²) in [5.74, 6) is -1.85. The van der Waals surface area contributed by atoms with Crippen molar-refractivity contribution < 1.29 is 19.1 Å². The summed E-state index contributed by atoms with van der Waals surface area (Å²) < 4.78 is 13.8. The highest BCUT2D eigenvalue weighted by Crippen LogP contribution is 2.28. The van der Waals surface area contributed by atoms with E-state index in [9.17, 15) is 14.0 Å². The summed E-state index contributed by atoms with van der Waals surface area (Å²) in [5.41, 5.74) is 0.265. The molecule has 0 fully saturated rings. The molecule has 0 aliphatic carbocycles. The first-order valence-corrected chi connectivity index (χ1v) is 7.55. The van der Waals surface area contributed by atoms with Crippen molar-refractivity contribution in [2.75, 3.05) is 5.32 Å². The van der Waals surface area contributed by atoms with Crippen molar-refractivity contribution in [3.05, 3.63) is 51.3 Å². The van der Waals surface area contributed by atoms with E-state index in [-0.39, 0.29) is 16.4 Å². The zero-order chi connectivity index (χ0) is 15.0. The normalized spacial score (nSPS) is 10.7. The number of thiophene rings is 2. The molecule has 0 bridgehead atoms. The number of rotatable bonds is 3.